The van der Waals surface area contributed by atoms with Crippen molar-refractivity contribution in [3.63, 3.8) is 0 Å². The van der Waals surface area contributed by atoms with Crippen LogP contribution in [0.3, 0.4) is 0 Å². The zero-order valence-corrected chi connectivity index (χ0v) is 8.07. The van der Waals surface area contributed by atoms with Gasteiger partial charge in [0.2, 0.25) is 0 Å². The summed E-state index contributed by atoms with van der Waals surface area (Å²) >= 11 is 0. The largest absolute Gasteiger partial charge is 0.324 e. The number of rotatable bonds is 3. The molecule has 2 aromatic rings. The average Bonchev–Trinajstić information content (AvgIpc) is 2.69. The summed E-state index contributed by atoms with van der Waals surface area (Å²) in [7, 11) is 0. The van der Waals surface area contributed by atoms with Gasteiger partial charge in [0.05, 0.1) is 6.54 Å². The van der Waals surface area contributed by atoms with Crippen molar-refractivity contribution in [3.8, 4) is 0 Å². The van der Waals surface area contributed by atoms with Crippen molar-refractivity contribution in [3.05, 3.63) is 47.3 Å². The van der Waals surface area contributed by atoms with Crippen molar-refractivity contribution in [1.29, 1.82) is 0 Å². The van der Waals surface area contributed by atoms with Crippen LogP contribution in [0.25, 0.3) is 0 Å². The zero-order chi connectivity index (χ0) is 10.7. The second kappa shape index (κ2) is 4.18. The number of hydrogen-bond donors (Lipinski definition) is 2. The zero-order valence-electron chi connectivity index (χ0n) is 8.07. The maximum atomic E-state index is 13.3. The molecule has 0 unspecified atom stereocenters. The van der Waals surface area contributed by atoms with Crippen molar-refractivity contribution in [2.24, 2.45) is 5.73 Å². The van der Waals surface area contributed by atoms with Crippen LogP contribution in [0, 0.1) is 5.82 Å². The average molecular weight is 206 g/mol. The molecule has 0 bridgehead atoms. The van der Waals surface area contributed by atoms with Gasteiger partial charge in [-0.15, -0.1) is 0 Å². The van der Waals surface area contributed by atoms with E-state index in [2.05, 4.69) is 15.2 Å². The Balaban J connectivity index is 2.18. The molecule has 1 aromatic heterocycles. The molecule has 0 saturated carbocycles. The van der Waals surface area contributed by atoms with Crippen molar-refractivity contribution < 1.29 is 4.39 Å². The van der Waals surface area contributed by atoms with Gasteiger partial charge in [-0.2, -0.15) is 5.10 Å². The fourth-order valence-electron chi connectivity index (χ4n) is 1.33. The van der Waals surface area contributed by atoms with E-state index in [0.717, 1.165) is 0 Å². The Kier molecular flexibility index (Phi) is 2.73. The molecule has 0 fully saturated rings. The molecule has 0 aliphatic carbocycles. The van der Waals surface area contributed by atoms with E-state index in [9.17, 15) is 4.39 Å². The molecule has 0 spiro atoms. The quantitative estimate of drug-likeness (QED) is 0.787. The van der Waals surface area contributed by atoms with Crippen molar-refractivity contribution in [2.45, 2.75) is 13.0 Å². The van der Waals surface area contributed by atoms with E-state index < -0.39 is 0 Å². The molecule has 15 heavy (non-hydrogen) atoms. The second-order valence-electron chi connectivity index (χ2n) is 3.17. The van der Waals surface area contributed by atoms with Gasteiger partial charge in [-0.25, -0.2) is 9.37 Å². The van der Waals surface area contributed by atoms with Crippen LogP contribution in [0.15, 0.2) is 24.3 Å². The second-order valence-corrected chi connectivity index (χ2v) is 3.17. The molecule has 2 rings (SSSR count). The third-order valence-electron chi connectivity index (χ3n) is 2.08. The third-order valence-corrected chi connectivity index (χ3v) is 2.08. The smallest absolute Gasteiger partial charge is 0.164 e. The minimum Gasteiger partial charge on any atom is -0.324 e. The lowest BCUT2D eigenvalue weighted by Crippen LogP contribution is -1.98. The van der Waals surface area contributed by atoms with Crippen LogP contribution >= 0.6 is 0 Å². The fraction of sp³-hybridized carbons (Fsp3) is 0.200. The Labute approximate surface area is 86.3 Å². The lowest BCUT2D eigenvalue weighted by atomic mass is 10.1. The third kappa shape index (κ3) is 2.19. The summed E-state index contributed by atoms with van der Waals surface area (Å²) in [4.78, 5) is 4.11. The maximum absolute atomic E-state index is 13.3. The summed E-state index contributed by atoms with van der Waals surface area (Å²) in [5.41, 5.74) is 5.96. The number of halogens is 1. The van der Waals surface area contributed by atoms with Crippen LogP contribution in [0.5, 0.6) is 0 Å². The van der Waals surface area contributed by atoms with Gasteiger partial charge in [0.25, 0.3) is 0 Å². The van der Waals surface area contributed by atoms with Gasteiger partial charge >= 0.3 is 0 Å². The van der Waals surface area contributed by atoms with E-state index in [1.807, 2.05) is 0 Å². The Hall–Kier alpha value is -1.75. The predicted molar refractivity (Wildman–Crippen MR) is 53.5 cm³/mol. The molecular formula is C10H11FN4. The van der Waals surface area contributed by atoms with E-state index in [4.69, 9.17) is 5.73 Å². The van der Waals surface area contributed by atoms with Gasteiger partial charge in [-0.3, -0.25) is 5.10 Å². The van der Waals surface area contributed by atoms with Gasteiger partial charge in [0.1, 0.15) is 11.6 Å². The van der Waals surface area contributed by atoms with Crippen molar-refractivity contribution in [1.82, 2.24) is 15.2 Å². The summed E-state index contributed by atoms with van der Waals surface area (Å²) in [5.74, 6) is 0.935. The van der Waals surface area contributed by atoms with Gasteiger partial charge in [0, 0.05) is 6.42 Å². The number of aromatic nitrogens is 3. The number of hydrogen-bond acceptors (Lipinski definition) is 3. The number of H-pyrrole nitrogens is 1. The molecule has 0 radical (unpaired) electrons. The van der Waals surface area contributed by atoms with Crippen LogP contribution < -0.4 is 5.73 Å². The molecule has 0 atom stereocenters. The number of nitrogens with one attached hydrogen (secondary N) is 1. The van der Waals surface area contributed by atoms with Gasteiger partial charge in [0.15, 0.2) is 5.82 Å². The summed E-state index contributed by atoms with van der Waals surface area (Å²) in [6.45, 7) is 0.285. The molecule has 5 heteroatoms. The predicted octanol–water partition coefficient (Wildman–Crippen LogP) is 0.993. The molecule has 4 nitrogen and oxygen atoms in total. The lowest BCUT2D eigenvalue weighted by molar-refractivity contribution is 0.612. The molecular weight excluding hydrogens is 195 g/mol. The highest BCUT2D eigenvalue weighted by Gasteiger charge is 2.05. The minimum absolute atomic E-state index is 0.233. The first-order valence-corrected chi connectivity index (χ1v) is 4.63. The molecule has 1 heterocycles. The van der Waals surface area contributed by atoms with E-state index in [-0.39, 0.29) is 12.4 Å². The minimum atomic E-state index is -0.233. The SMILES string of the molecule is NCc1n[nH]c(Cc2ccccc2F)n1. The number of nitrogens with two attached hydrogens (primary N) is 1. The van der Waals surface area contributed by atoms with E-state index in [1.54, 1.807) is 18.2 Å². The van der Waals surface area contributed by atoms with Crippen LogP contribution in [0.2, 0.25) is 0 Å². The summed E-state index contributed by atoms with van der Waals surface area (Å²) < 4.78 is 13.3. The highest BCUT2D eigenvalue weighted by molar-refractivity contribution is 5.20. The lowest BCUT2D eigenvalue weighted by Gasteiger charge is -1.98. The number of aromatic amines is 1. The molecule has 0 saturated heterocycles. The Bertz CT molecular complexity index is 452. The van der Waals surface area contributed by atoms with Crippen LogP contribution in [-0.2, 0) is 13.0 Å². The normalized spacial score (nSPS) is 10.5. The highest BCUT2D eigenvalue weighted by Crippen LogP contribution is 2.10. The Morgan fingerprint density at radius 1 is 1.33 bits per heavy atom. The first-order valence-electron chi connectivity index (χ1n) is 4.63. The highest BCUT2D eigenvalue weighted by atomic mass is 19.1. The number of benzene rings is 1. The van der Waals surface area contributed by atoms with Gasteiger partial charge in [-0.1, -0.05) is 18.2 Å². The van der Waals surface area contributed by atoms with Gasteiger partial charge in [-0.05, 0) is 11.6 Å². The van der Waals surface area contributed by atoms with Gasteiger partial charge < -0.3 is 5.73 Å². The maximum Gasteiger partial charge on any atom is 0.164 e. The molecule has 3 N–H and O–H groups in total. The summed E-state index contributed by atoms with van der Waals surface area (Å²) in [6.07, 6.45) is 0.402. The Morgan fingerprint density at radius 3 is 2.80 bits per heavy atom. The van der Waals surface area contributed by atoms with Crippen LogP contribution in [0.1, 0.15) is 17.2 Å². The first-order chi connectivity index (χ1) is 7.29. The topological polar surface area (TPSA) is 67.6 Å². The van der Waals surface area contributed by atoms with E-state index in [1.165, 1.54) is 6.07 Å². The van der Waals surface area contributed by atoms with Crippen LogP contribution in [0.4, 0.5) is 4.39 Å². The number of nitrogens with zero attached hydrogens (tertiary/aromatic N) is 2. The van der Waals surface area contributed by atoms with Crippen molar-refractivity contribution in [2.75, 3.05) is 0 Å². The van der Waals surface area contributed by atoms with E-state index in [0.29, 0.717) is 23.6 Å². The molecule has 0 amide bonds. The first kappa shape index (κ1) is 9.79. The summed E-state index contributed by atoms with van der Waals surface area (Å²) in [5, 5.41) is 6.60. The Morgan fingerprint density at radius 2 is 2.13 bits per heavy atom. The molecule has 1 aromatic carbocycles. The standard InChI is InChI=1S/C10H11FN4/c11-8-4-2-1-3-7(8)5-9-13-10(6-12)15-14-9/h1-4H,5-6,12H2,(H,13,14,15). The summed E-state index contributed by atoms with van der Waals surface area (Å²) in [6, 6.07) is 6.60. The monoisotopic (exact) mass is 206 g/mol. The molecule has 0 aliphatic heterocycles. The fourth-order valence-corrected chi connectivity index (χ4v) is 1.33. The molecule has 78 valence electrons. The van der Waals surface area contributed by atoms with Crippen molar-refractivity contribution >= 4 is 0 Å². The van der Waals surface area contributed by atoms with Crippen LogP contribution in [-0.4, -0.2) is 15.2 Å². The molecule has 0 aliphatic rings. The van der Waals surface area contributed by atoms with E-state index >= 15 is 0 Å².